The largest absolute Gasteiger partial charge is 0.479 e. The maximum Gasteiger partial charge on any atom is 0.347 e. The Morgan fingerprint density at radius 1 is 1.17 bits per heavy atom. The van der Waals surface area contributed by atoms with Crippen LogP contribution in [0.5, 0.6) is 5.75 Å². The van der Waals surface area contributed by atoms with Gasteiger partial charge in [-0.2, -0.15) is 0 Å². The molecule has 3 nitrogen and oxygen atoms in total. The van der Waals surface area contributed by atoms with Crippen molar-refractivity contribution in [3.8, 4) is 5.75 Å². The first-order valence-electron chi connectivity index (χ1n) is 6.03. The molecule has 0 bridgehead atoms. The van der Waals surface area contributed by atoms with Gasteiger partial charge in [0, 0.05) is 0 Å². The molecule has 3 heteroatoms. The number of fused-ring (bicyclic) bond motifs is 1. The van der Waals surface area contributed by atoms with E-state index in [4.69, 9.17) is 9.47 Å². The van der Waals surface area contributed by atoms with Gasteiger partial charge in [-0.15, -0.1) is 0 Å². The predicted octanol–water partition coefficient (Wildman–Crippen LogP) is 3.17. The zero-order chi connectivity index (χ0) is 13.0. The van der Waals surface area contributed by atoms with Crippen molar-refractivity contribution in [1.29, 1.82) is 0 Å². The van der Waals surface area contributed by atoms with Crippen LogP contribution in [-0.4, -0.2) is 18.7 Å². The Balaban J connectivity index is 2.14. The summed E-state index contributed by atoms with van der Waals surface area (Å²) in [6, 6.07) is 13.8. The van der Waals surface area contributed by atoms with Crippen molar-refractivity contribution < 1.29 is 14.3 Å². The number of hydrogen-bond donors (Lipinski definition) is 0. The second-order valence-electron chi connectivity index (χ2n) is 4.02. The molecule has 2 rings (SSSR count). The highest BCUT2D eigenvalue weighted by Gasteiger charge is 2.15. The third-order valence-corrected chi connectivity index (χ3v) is 2.65. The summed E-state index contributed by atoms with van der Waals surface area (Å²) in [5, 5.41) is 2.24. The van der Waals surface area contributed by atoms with Gasteiger partial charge >= 0.3 is 5.97 Å². The number of ether oxygens (including phenoxy) is 2. The van der Waals surface area contributed by atoms with Gasteiger partial charge in [0.25, 0.3) is 0 Å². The summed E-state index contributed by atoms with van der Waals surface area (Å²) in [7, 11) is 0. The number of hydrogen-bond acceptors (Lipinski definition) is 3. The summed E-state index contributed by atoms with van der Waals surface area (Å²) in [6.45, 7) is 3.83. The van der Waals surface area contributed by atoms with E-state index in [9.17, 15) is 4.79 Å². The van der Waals surface area contributed by atoms with E-state index in [0.717, 1.165) is 10.8 Å². The molecule has 0 aliphatic heterocycles. The molecule has 2 aromatic rings. The highest BCUT2D eigenvalue weighted by atomic mass is 16.6. The molecule has 0 saturated heterocycles. The average Bonchev–Trinajstić information content (AvgIpc) is 2.39. The first kappa shape index (κ1) is 12.4. The van der Waals surface area contributed by atoms with Gasteiger partial charge in [0.15, 0.2) is 6.10 Å². The summed E-state index contributed by atoms with van der Waals surface area (Å²) < 4.78 is 10.5. The van der Waals surface area contributed by atoms with Crippen molar-refractivity contribution in [2.75, 3.05) is 6.61 Å². The molecule has 0 aliphatic rings. The van der Waals surface area contributed by atoms with Crippen molar-refractivity contribution in [2.45, 2.75) is 20.0 Å². The highest BCUT2D eigenvalue weighted by Crippen LogP contribution is 2.21. The third-order valence-electron chi connectivity index (χ3n) is 2.65. The Hall–Kier alpha value is -2.03. The fraction of sp³-hybridized carbons (Fsp3) is 0.267. The van der Waals surface area contributed by atoms with Crippen LogP contribution in [0.25, 0.3) is 10.8 Å². The number of carbonyl (C=O) groups is 1. The smallest absolute Gasteiger partial charge is 0.347 e. The molecule has 0 aliphatic carbocycles. The standard InChI is InChI=1S/C15H16O3/c1-3-17-15(16)11(2)18-14-9-8-12-6-4-5-7-13(12)10-14/h4-11H,3H2,1-2H3/t11-/m1/s1. The lowest BCUT2D eigenvalue weighted by Gasteiger charge is -2.13. The van der Waals surface area contributed by atoms with E-state index in [0.29, 0.717) is 12.4 Å². The van der Waals surface area contributed by atoms with Gasteiger partial charge in [-0.1, -0.05) is 30.3 Å². The van der Waals surface area contributed by atoms with Crippen LogP contribution < -0.4 is 4.74 Å². The molecular weight excluding hydrogens is 228 g/mol. The second-order valence-corrected chi connectivity index (χ2v) is 4.02. The van der Waals surface area contributed by atoms with E-state index in [1.807, 2.05) is 42.5 Å². The second kappa shape index (κ2) is 5.54. The van der Waals surface area contributed by atoms with Crippen LogP contribution in [0.4, 0.5) is 0 Å². The zero-order valence-electron chi connectivity index (χ0n) is 10.6. The van der Waals surface area contributed by atoms with E-state index in [-0.39, 0.29) is 5.97 Å². The highest BCUT2D eigenvalue weighted by molar-refractivity contribution is 5.84. The van der Waals surface area contributed by atoms with Gasteiger partial charge < -0.3 is 9.47 Å². The van der Waals surface area contributed by atoms with E-state index >= 15 is 0 Å². The molecule has 18 heavy (non-hydrogen) atoms. The van der Waals surface area contributed by atoms with Crippen LogP contribution in [0.15, 0.2) is 42.5 Å². The van der Waals surface area contributed by atoms with Gasteiger partial charge in [0.05, 0.1) is 6.61 Å². The number of esters is 1. The van der Waals surface area contributed by atoms with Crippen LogP contribution in [0.3, 0.4) is 0 Å². The van der Waals surface area contributed by atoms with Gasteiger partial charge in [0.1, 0.15) is 5.75 Å². The SMILES string of the molecule is CCOC(=O)[C@@H](C)Oc1ccc2ccccc2c1. The summed E-state index contributed by atoms with van der Waals surface area (Å²) in [5.41, 5.74) is 0. The maximum absolute atomic E-state index is 11.5. The Kier molecular flexibility index (Phi) is 3.82. The van der Waals surface area contributed by atoms with Gasteiger partial charge in [-0.05, 0) is 36.8 Å². The van der Waals surface area contributed by atoms with Crippen molar-refractivity contribution in [1.82, 2.24) is 0 Å². The molecule has 0 amide bonds. The topological polar surface area (TPSA) is 35.5 Å². The van der Waals surface area contributed by atoms with Crippen LogP contribution >= 0.6 is 0 Å². The van der Waals surface area contributed by atoms with Crippen LogP contribution in [-0.2, 0) is 9.53 Å². The molecular formula is C15H16O3. The summed E-state index contributed by atoms with van der Waals surface area (Å²) in [6.07, 6.45) is -0.592. The summed E-state index contributed by atoms with van der Waals surface area (Å²) in [5.74, 6) is 0.333. The minimum atomic E-state index is -0.592. The first-order valence-corrected chi connectivity index (χ1v) is 6.03. The van der Waals surface area contributed by atoms with Crippen LogP contribution in [0, 0.1) is 0 Å². The van der Waals surface area contributed by atoms with E-state index in [1.165, 1.54) is 0 Å². The Bertz CT molecular complexity index is 548. The van der Waals surface area contributed by atoms with Crippen molar-refractivity contribution >= 4 is 16.7 Å². The van der Waals surface area contributed by atoms with Gasteiger partial charge in [-0.3, -0.25) is 0 Å². The lowest BCUT2D eigenvalue weighted by molar-refractivity contribution is -0.150. The van der Waals surface area contributed by atoms with E-state index in [2.05, 4.69) is 0 Å². The molecule has 0 radical (unpaired) electrons. The molecule has 94 valence electrons. The lowest BCUT2D eigenvalue weighted by atomic mass is 10.1. The van der Waals surface area contributed by atoms with Crippen molar-refractivity contribution in [2.24, 2.45) is 0 Å². The molecule has 1 atom stereocenters. The van der Waals surface area contributed by atoms with Gasteiger partial charge in [-0.25, -0.2) is 4.79 Å². The molecule has 0 N–H and O–H groups in total. The van der Waals surface area contributed by atoms with E-state index < -0.39 is 6.10 Å². The van der Waals surface area contributed by atoms with Gasteiger partial charge in [0.2, 0.25) is 0 Å². The summed E-state index contributed by atoms with van der Waals surface area (Å²) >= 11 is 0. The minimum Gasteiger partial charge on any atom is -0.479 e. The maximum atomic E-state index is 11.5. The molecule has 2 aromatic carbocycles. The van der Waals surface area contributed by atoms with Crippen LogP contribution in [0.1, 0.15) is 13.8 Å². The fourth-order valence-electron chi connectivity index (χ4n) is 1.75. The molecule has 0 aromatic heterocycles. The molecule has 0 unspecified atom stereocenters. The average molecular weight is 244 g/mol. The molecule has 0 spiro atoms. The number of rotatable bonds is 4. The quantitative estimate of drug-likeness (QED) is 0.775. The Morgan fingerprint density at radius 3 is 2.61 bits per heavy atom. The number of benzene rings is 2. The lowest BCUT2D eigenvalue weighted by Crippen LogP contribution is -2.25. The van der Waals surface area contributed by atoms with E-state index in [1.54, 1.807) is 13.8 Å². The van der Waals surface area contributed by atoms with Crippen molar-refractivity contribution in [3.05, 3.63) is 42.5 Å². The van der Waals surface area contributed by atoms with Crippen LogP contribution in [0.2, 0.25) is 0 Å². The monoisotopic (exact) mass is 244 g/mol. The predicted molar refractivity (Wildman–Crippen MR) is 70.7 cm³/mol. The molecule has 0 saturated carbocycles. The number of carbonyl (C=O) groups excluding carboxylic acids is 1. The fourth-order valence-corrected chi connectivity index (χ4v) is 1.75. The Labute approximate surface area is 106 Å². The normalized spacial score (nSPS) is 12.1. The summed E-state index contributed by atoms with van der Waals surface area (Å²) in [4.78, 5) is 11.5. The molecule has 0 fully saturated rings. The molecule has 0 heterocycles. The minimum absolute atomic E-state index is 0.342. The zero-order valence-corrected chi connectivity index (χ0v) is 10.6. The first-order chi connectivity index (χ1) is 8.70. The van der Waals surface area contributed by atoms with Crippen molar-refractivity contribution in [3.63, 3.8) is 0 Å². The Morgan fingerprint density at radius 2 is 1.89 bits per heavy atom. The third kappa shape index (κ3) is 2.80.